The second-order valence-electron chi connectivity index (χ2n) is 5.10. The summed E-state index contributed by atoms with van der Waals surface area (Å²) in [4.78, 5) is 0. The van der Waals surface area contributed by atoms with Crippen molar-refractivity contribution in [1.82, 2.24) is 5.32 Å². The first kappa shape index (κ1) is 14.3. The Bertz CT molecular complexity index is 437. The van der Waals surface area contributed by atoms with Crippen molar-refractivity contribution in [3.05, 3.63) is 35.4 Å². The predicted molar refractivity (Wildman–Crippen MR) is 65.1 cm³/mol. The predicted octanol–water partition coefficient (Wildman–Crippen LogP) is 4.05. The van der Waals surface area contributed by atoms with Crippen LogP contribution < -0.4 is 5.32 Å². The molecule has 1 aromatic rings. The zero-order chi connectivity index (χ0) is 14.0. The molecule has 0 heterocycles. The van der Waals surface area contributed by atoms with E-state index in [1.165, 1.54) is 12.1 Å². The van der Waals surface area contributed by atoms with E-state index in [2.05, 4.69) is 5.32 Å². The van der Waals surface area contributed by atoms with Crippen molar-refractivity contribution in [3.63, 3.8) is 0 Å². The molecule has 0 spiro atoms. The molecule has 0 aliphatic heterocycles. The van der Waals surface area contributed by atoms with Crippen molar-refractivity contribution < 1.29 is 17.6 Å². The lowest BCUT2D eigenvalue weighted by Gasteiger charge is -2.34. The van der Waals surface area contributed by atoms with Crippen molar-refractivity contribution in [2.75, 3.05) is 7.05 Å². The Morgan fingerprint density at radius 2 is 1.84 bits per heavy atom. The van der Waals surface area contributed by atoms with E-state index in [1.54, 1.807) is 7.05 Å². The second kappa shape index (κ2) is 5.49. The molecule has 0 radical (unpaired) electrons. The number of alkyl halides is 2. The van der Waals surface area contributed by atoms with Gasteiger partial charge in [-0.1, -0.05) is 12.1 Å². The minimum Gasteiger partial charge on any atom is -0.313 e. The second-order valence-corrected chi connectivity index (χ2v) is 5.10. The zero-order valence-corrected chi connectivity index (χ0v) is 10.7. The van der Waals surface area contributed by atoms with Crippen LogP contribution in [0.3, 0.4) is 0 Å². The molecule has 1 atom stereocenters. The summed E-state index contributed by atoms with van der Waals surface area (Å²) in [6, 6.07) is 3.58. The van der Waals surface area contributed by atoms with Crippen LogP contribution in [0.15, 0.2) is 18.2 Å². The van der Waals surface area contributed by atoms with Crippen LogP contribution in [0, 0.1) is 17.6 Å². The first-order valence-corrected chi connectivity index (χ1v) is 6.43. The van der Waals surface area contributed by atoms with E-state index in [0.717, 1.165) is 6.07 Å². The fraction of sp³-hybridized carbons (Fsp3) is 0.571. The van der Waals surface area contributed by atoms with E-state index in [-0.39, 0.29) is 24.3 Å². The van der Waals surface area contributed by atoms with E-state index in [1.807, 2.05) is 0 Å². The normalized spacial score (nSPS) is 21.3. The molecule has 0 aromatic heterocycles. The largest absolute Gasteiger partial charge is 0.313 e. The fourth-order valence-corrected chi connectivity index (χ4v) is 2.80. The first-order chi connectivity index (χ1) is 8.94. The molecule has 2 rings (SSSR count). The van der Waals surface area contributed by atoms with E-state index in [4.69, 9.17) is 0 Å². The van der Waals surface area contributed by atoms with E-state index in [9.17, 15) is 17.6 Å². The first-order valence-electron chi connectivity index (χ1n) is 6.43. The Kier molecular flexibility index (Phi) is 4.13. The molecule has 19 heavy (non-hydrogen) atoms. The highest BCUT2D eigenvalue weighted by molar-refractivity contribution is 5.23. The number of hydrogen-bond acceptors (Lipinski definition) is 1. The average molecular weight is 275 g/mol. The van der Waals surface area contributed by atoms with E-state index < -0.39 is 23.6 Å². The van der Waals surface area contributed by atoms with Crippen molar-refractivity contribution in [2.45, 2.75) is 37.6 Å². The van der Waals surface area contributed by atoms with Crippen LogP contribution in [0.5, 0.6) is 0 Å². The summed E-state index contributed by atoms with van der Waals surface area (Å²) >= 11 is 0. The minimum absolute atomic E-state index is 0.0964. The summed E-state index contributed by atoms with van der Waals surface area (Å²) in [5.74, 6) is -4.51. The minimum atomic E-state index is -2.62. The molecule has 106 valence electrons. The van der Waals surface area contributed by atoms with Crippen molar-refractivity contribution in [1.29, 1.82) is 0 Å². The smallest absolute Gasteiger partial charge is 0.248 e. The molecule has 0 bridgehead atoms. The van der Waals surface area contributed by atoms with Crippen molar-refractivity contribution in [2.24, 2.45) is 5.92 Å². The van der Waals surface area contributed by atoms with Gasteiger partial charge in [0.25, 0.3) is 0 Å². The molecule has 1 unspecified atom stereocenters. The monoisotopic (exact) mass is 275 g/mol. The van der Waals surface area contributed by atoms with Gasteiger partial charge in [-0.25, -0.2) is 17.6 Å². The molecule has 1 fully saturated rings. The fourth-order valence-electron chi connectivity index (χ4n) is 2.80. The SMILES string of the molecule is CNC(c1cccc(F)c1F)C1CCC(F)(F)CC1. The molecular weight excluding hydrogens is 258 g/mol. The van der Waals surface area contributed by atoms with Gasteiger partial charge in [-0.3, -0.25) is 0 Å². The summed E-state index contributed by atoms with van der Waals surface area (Å²) < 4.78 is 53.3. The average Bonchev–Trinajstić information content (AvgIpc) is 2.37. The number of rotatable bonds is 3. The van der Waals surface area contributed by atoms with Gasteiger partial charge in [-0.05, 0) is 31.9 Å². The van der Waals surface area contributed by atoms with Gasteiger partial charge >= 0.3 is 0 Å². The standard InChI is InChI=1S/C14H17F4N/c1-19-13(9-5-7-14(17,18)8-6-9)10-3-2-4-11(15)12(10)16/h2-4,9,13,19H,5-8H2,1H3. The Hall–Kier alpha value is -1.10. The van der Waals surface area contributed by atoms with Crippen LogP contribution in [0.4, 0.5) is 17.6 Å². The summed E-state index contributed by atoms with van der Waals surface area (Å²) in [6.07, 6.45) is 0.252. The Balaban J connectivity index is 2.19. The molecule has 1 N–H and O–H groups in total. The van der Waals surface area contributed by atoms with Crippen molar-refractivity contribution in [3.8, 4) is 0 Å². The lowest BCUT2D eigenvalue weighted by atomic mass is 9.79. The lowest BCUT2D eigenvalue weighted by Crippen LogP contribution is -2.33. The van der Waals surface area contributed by atoms with Gasteiger partial charge in [-0.2, -0.15) is 0 Å². The lowest BCUT2D eigenvalue weighted by molar-refractivity contribution is -0.0496. The Morgan fingerprint density at radius 3 is 2.42 bits per heavy atom. The highest BCUT2D eigenvalue weighted by atomic mass is 19.3. The number of halogens is 4. The number of nitrogens with one attached hydrogen (secondary N) is 1. The third-order valence-electron chi connectivity index (χ3n) is 3.86. The van der Waals surface area contributed by atoms with Crippen molar-refractivity contribution >= 4 is 0 Å². The maximum atomic E-state index is 13.8. The highest BCUT2D eigenvalue weighted by Crippen LogP contribution is 2.41. The van der Waals surface area contributed by atoms with Gasteiger partial charge in [0.2, 0.25) is 5.92 Å². The van der Waals surface area contributed by atoms with Crippen LogP contribution in [0.2, 0.25) is 0 Å². The van der Waals surface area contributed by atoms with E-state index in [0.29, 0.717) is 12.8 Å². The van der Waals surface area contributed by atoms with E-state index >= 15 is 0 Å². The molecule has 1 aromatic carbocycles. The van der Waals surface area contributed by atoms with Gasteiger partial charge < -0.3 is 5.32 Å². The van der Waals surface area contributed by atoms with Gasteiger partial charge in [0.15, 0.2) is 11.6 Å². The summed E-state index contributed by atoms with van der Waals surface area (Å²) in [5, 5.41) is 2.93. The third kappa shape index (κ3) is 3.08. The topological polar surface area (TPSA) is 12.0 Å². The molecule has 1 aliphatic carbocycles. The van der Waals surface area contributed by atoms with Crippen LogP contribution >= 0.6 is 0 Å². The molecule has 5 heteroatoms. The number of benzene rings is 1. The van der Waals surface area contributed by atoms with Crippen LogP contribution in [0.25, 0.3) is 0 Å². The van der Waals surface area contributed by atoms with Gasteiger partial charge in [0.05, 0.1) is 0 Å². The molecule has 0 saturated heterocycles. The van der Waals surface area contributed by atoms with Crippen LogP contribution in [-0.2, 0) is 0 Å². The summed E-state index contributed by atoms with van der Waals surface area (Å²) in [5.41, 5.74) is 0.220. The summed E-state index contributed by atoms with van der Waals surface area (Å²) in [6.45, 7) is 0. The molecule has 1 nitrogen and oxygen atoms in total. The Morgan fingerprint density at radius 1 is 1.21 bits per heavy atom. The molecule has 1 saturated carbocycles. The zero-order valence-electron chi connectivity index (χ0n) is 10.7. The Labute approximate surface area is 110 Å². The maximum absolute atomic E-state index is 13.8. The molecular formula is C14H17F4N. The molecule has 0 amide bonds. The maximum Gasteiger partial charge on any atom is 0.248 e. The van der Waals surface area contributed by atoms with Crippen LogP contribution in [0.1, 0.15) is 37.3 Å². The van der Waals surface area contributed by atoms with Crippen LogP contribution in [-0.4, -0.2) is 13.0 Å². The van der Waals surface area contributed by atoms with Gasteiger partial charge in [-0.15, -0.1) is 0 Å². The third-order valence-corrected chi connectivity index (χ3v) is 3.86. The highest BCUT2D eigenvalue weighted by Gasteiger charge is 2.38. The molecule has 1 aliphatic rings. The summed E-state index contributed by atoms with van der Waals surface area (Å²) in [7, 11) is 1.64. The van der Waals surface area contributed by atoms with Gasteiger partial charge in [0, 0.05) is 24.4 Å². The quantitative estimate of drug-likeness (QED) is 0.821. The number of hydrogen-bond donors (Lipinski definition) is 1. The van der Waals surface area contributed by atoms with Gasteiger partial charge in [0.1, 0.15) is 0 Å².